The fourth-order valence-corrected chi connectivity index (χ4v) is 4.32. The predicted molar refractivity (Wildman–Crippen MR) is 117 cm³/mol. The van der Waals surface area contributed by atoms with Crippen LogP contribution in [0.2, 0.25) is 0 Å². The molecule has 0 bridgehead atoms. The van der Waals surface area contributed by atoms with Crippen molar-refractivity contribution in [2.24, 2.45) is 5.92 Å². The van der Waals surface area contributed by atoms with E-state index in [0.717, 1.165) is 32.1 Å². The molecule has 0 aliphatic carbocycles. The van der Waals surface area contributed by atoms with E-state index in [4.69, 9.17) is 9.52 Å². The molecule has 0 atom stereocenters. The number of hydrogen-bond acceptors (Lipinski definition) is 7. The van der Waals surface area contributed by atoms with Gasteiger partial charge in [0.1, 0.15) is 5.82 Å². The lowest BCUT2D eigenvalue weighted by Gasteiger charge is -2.32. The molecule has 2 aromatic rings. The lowest BCUT2D eigenvalue weighted by molar-refractivity contribution is -0.141. The Hall–Kier alpha value is -3.31. The molecular formula is C22H26F3N5O4. The maximum Gasteiger partial charge on any atom is 0.437 e. The zero-order valence-electron chi connectivity index (χ0n) is 18.5. The quantitative estimate of drug-likeness (QED) is 0.636. The number of rotatable bonds is 6. The van der Waals surface area contributed by atoms with Gasteiger partial charge in [-0.15, -0.1) is 0 Å². The van der Waals surface area contributed by atoms with Crippen molar-refractivity contribution in [2.75, 3.05) is 41.3 Å². The molecule has 2 aromatic heterocycles. The number of carboxylic acids is 1. The summed E-state index contributed by atoms with van der Waals surface area (Å²) in [5.74, 6) is -1.95. The van der Waals surface area contributed by atoms with Gasteiger partial charge in [0.2, 0.25) is 5.76 Å². The highest BCUT2D eigenvalue weighted by atomic mass is 19.4. The Bertz CT molecular complexity index is 1010. The van der Waals surface area contributed by atoms with E-state index in [1.54, 1.807) is 17.0 Å². The minimum atomic E-state index is -4.83. The molecule has 2 fully saturated rings. The van der Waals surface area contributed by atoms with Gasteiger partial charge >= 0.3 is 12.1 Å². The Morgan fingerprint density at radius 3 is 2.38 bits per heavy atom. The van der Waals surface area contributed by atoms with Crippen LogP contribution in [0.1, 0.15) is 54.8 Å². The van der Waals surface area contributed by atoms with E-state index in [1.165, 1.54) is 6.20 Å². The normalized spacial score (nSPS) is 17.6. The first-order valence-electron chi connectivity index (χ1n) is 11.3. The summed E-state index contributed by atoms with van der Waals surface area (Å²) in [5, 5.41) is 11.3. The van der Waals surface area contributed by atoms with Gasteiger partial charge in [0.25, 0.3) is 11.9 Å². The molecule has 0 unspecified atom stereocenters. The van der Waals surface area contributed by atoms with Crippen molar-refractivity contribution in [3.8, 4) is 0 Å². The highest BCUT2D eigenvalue weighted by Gasteiger charge is 2.42. The van der Waals surface area contributed by atoms with Gasteiger partial charge in [-0.3, -0.25) is 9.59 Å². The monoisotopic (exact) mass is 481 g/mol. The predicted octanol–water partition coefficient (Wildman–Crippen LogP) is 4.02. The number of oxazole rings is 1. The topological polar surface area (TPSA) is 112 Å². The van der Waals surface area contributed by atoms with Crippen LogP contribution in [0.15, 0.2) is 22.7 Å². The number of carbonyl (C=O) groups is 2. The molecule has 4 heterocycles. The number of aromatic nitrogens is 2. The molecule has 1 amide bonds. The minimum Gasteiger partial charge on any atom is -0.481 e. The number of carboxylic acid groups (broad SMARTS) is 1. The van der Waals surface area contributed by atoms with Gasteiger partial charge in [-0.2, -0.15) is 18.2 Å². The van der Waals surface area contributed by atoms with E-state index in [2.05, 4.69) is 15.3 Å². The second kappa shape index (κ2) is 9.90. The Kier molecular flexibility index (Phi) is 6.94. The van der Waals surface area contributed by atoms with Crippen LogP contribution in [-0.2, 0) is 11.0 Å². The highest BCUT2D eigenvalue weighted by Crippen LogP contribution is 2.35. The van der Waals surface area contributed by atoms with Crippen molar-refractivity contribution < 1.29 is 32.3 Å². The van der Waals surface area contributed by atoms with E-state index in [9.17, 15) is 22.8 Å². The maximum absolute atomic E-state index is 13.5. The number of hydrogen-bond donors (Lipinski definition) is 2. The third kappa shape index (κ3) is 5.60. The van der Waals surface area contributed by atoms with Crippen molar-refractivity contribution in [1.82, 2.24) is 9.97 Å². The van der Waals surface area contributed by atoms with E-state index < -0.39 is 29.5 Å². The van der Waals surface area contributed by atoms with Gasteiger partial charge in [0.05, 0.1) is 11.9 Å². The fourth-order valence-electron chi connectivity index (χ4n) is 4.32. The summed E-state index contributed by atoms with van der Waals surface area (Å²) in [6.07, 6.45) is 0.772. The molecule has 2 aliphatic heterocycles. The van der Waals surface area contributed by atoms with E-state index in [1.807, 2.05) is 4.90 Å². The summed E-state index contributed by atoms with van der Waals surface area (Å²) in [6, 6.07) is 3.02. The average Bonchev–Trinajstić information content (AvgIpc) is 3.27. The minimum absolute atomic E-state index is 0.131. The number of anilines is 3. The molecule has 34 heavy (non-hydrogen) atoms. The third-order valence-electron chi connectivity index (χ3n) is 6.12. The standard InChI is InChI=1S/C22H26F3N5O4/c23-22(24,25)19-18(34-21(28-19)30-8-2-1-3-9-30)20(33)27-15-4-5-16(26-13-15)29-10-6-14(7-11-29)12-17(31)32/h4-5,13-14H,1-3,6-12H2,(H,27,33)(H,31,32). The Labute approximate surface area is 194 Å². The van der Waals surface area contributed by atoms with Crippen LogP contribution in [0.25, 0.3) is 0 Å². The summed E-state index contributed by atoms with van der Waals surface area (Å²) in [6.45, 7) is 2.36. The molecule has 184 valence electrons. The Morgan fingerprint density at radius 1 is 1.09 bits per heavy atom. The number of amides is 1. The number of nitrogens with one attached hydrogen (secondary N) is 1. The lowest BCUT2D eigenvalue weighted by atomic mass is 9.94. The van der Waals surface area contributed by atoms with Crippen molar-refractivity contribution in [3.05, 3.63) is 29.8 Å². The number of pyridine rings is 1. The van der Waals surface area contributed by atoms with Crippen LogP contribution >= 0.6 is 0 Å². The van der Waals surface area contributed by atoms with Gasteiger partial charge in [-0.1, -0.05) is 0 Å². The molecule has 0 radical (unpaired) electrons. The van der Waals surface area contributed by atoms with Crippen LogP contribution in [0, 0.1) is 5.92 Å². The summed E-state index contributed by atoms with van der Waals surface area (Å²) < 4.78 is 45.8. The van der Waals surface area contributed by atoms with Crippen LogP contribution in [0.3, 0.4) is 0 Å². The molecule has 0 saturated carbocycles. The molecule has 2 aliphatic rings. The first kappa shape index (κ1) is 23.8. The van der Waals surface area contributed by atoms with Crippen molar-refractivity contribution in [2.45, 2.75) is 44.7 Å². The van der Waals surface area contributed by atoms with Crippen LogP contribution < -0.4 is 15.1 Å². The summed E-state index contributed by atoms with van der Waals surface area (Å²) in [5.41, 5.74) is -1.13. The fraction of sp³-hybridized carbons (Fsp3) is 0.545. The van der Waals surface area contributed by atoms with Crippen LogP contribution in [0.5, 0.6) is 0 Å². The summed E-state index contributed by atoms with van der Waals surface area (Å²) in [4.78, 5) is 35.0. The second-order valence-corrected chi connectivity index (χ2v) is 8.61. The van der Waals surface area contributed by atoms with Gasteiger partial charge in [-0.05, 0) is 50.2 Å². The molecular weight excluding hydrogens is 455 g/mol. The SMILES string of the molecule is O=C(O)CC1CCN(c2ccc(NC(=O)c3oc(N4CCCCC4)nc3C(F)(F)F)cn2)CC1. The van der Waals surface area contributed by atoms with E-state index >= 15 is 0 Å². The van der Waals surface area contributed by atoms with Crippen LogP contribution in [0.4, 0.5) is 30.7 Å². The first-order chi connectivity index (χ1) is 16.2. The first-order valence-corrected chi connectivity index (χ1v) is 11.3. The van der Waals surface area contributed by atoms with E-state index in [0.29, 0.717) is 32.0 Å². The maximum atomic E-state index is 13.5. The highest BCUT2D eigenvalue weighted by molar-refractivity contribution is 6.03. The second-order valence-electron chi connectivity index (χ2n) is 8.61. The van der Waals surface area contributed by atoms with Crippen molar-refractivity contribution in [1.29, 1.82) is 0 Å². The lowest BCUT2D eigenvalue weighted by Crippen LogP contribution is -2.34. The smallest absolute Gasteiger partial charge is 0.437 e. The van der Waals surface area contributed by atoms with Gasteiger partial charge in [0.15, 0.2) is 5.69 Å². The van der Waals surface area contributed by atoms with Gasteiger partial charge < -0.3 is 24.6 Å². The number of carbonyl (C=O) groups excluding carboxylic acids is 1. The molecule has 4 rings (SSSR count). The van der Waals surface area contributed by atoms with E-state index in [-0.39, 0.29) is 24.0 Å². The molecule has 0 spiro atoms. The molecule has 12 heteroatoms. The van der Waals surface area contributed by atoms with Crippen molar-refractivity contribution in [3.63, 3.8) is 0 Å². The average molecular weight is 481 g/mol. The number of halogens is 3. The molecule has 9 nitrogen and oxygen atoms in total. The number of alkyl halides is 3. The van der Waals surface area contributed by atoms with Gasteiger partial charge in [-0.25, -0.2) is 4.98 Å². The molecule has 2 saturated heterocycles. The zero-order valence-corrected chi connectivity index (χ0v) is 18.5. The number of aliphatic carboxylic acids is 1. The largest absolute Gasteiger partial charge is 0.481 e. The zero-order chi connectivity index (χ0) is 24.3. The molecule has 2 N–H and O–H groups in total. The molecule has 0 aromatic carbocycles. The van der Waals surface area contributed by atoms with Gasteiger partial charge in [0, 0.05) is 32.6 Å². The van der Waals surface area contributed by atoms with Crippen molar-refractivity contribution >= 4 is 29.4 Å². The summed E-state index contributed by atoms with van der Waals surface area (Å²) >= 11 is 0. The third-order valence-corrected chi connectivity index (χ3v) is 6.12. The Morgan fingerprint density at radius 2 is 1.79 bits per heavy atom. The van der Waals surface area contributed by atoms with Crippen LogP contribution in [-0.4, -0.2) is 53.1 Å². The Balaban J connectivity index is 1.42. The summed E-state index contributed by atoms with van der Waals surface area (Å²) in [7, 11) is 0. The number of nitrogens with zero attached hydrogens (tertiary/aromatic N) is 4. The number of piperidine rings is 2.